The van der Waals surface area contributed by atoms with Crippen LogP contribution in [0.1, 0.15) is 21.5 Å². The van der Waals surface area contributed by atoms with Gasteiger partial charge in [-0.05, 0) is 54.3 Å². The van der Waals surface area contributed by atoms with E-state index in [1.54, 1.807) is 42.5 Å². The summed E-state index contributed by atoms with van der Waals surface area (Å²) in [5.74, 6) is 0.160. The van der Waals surface area contributed by atoms with Gasteiger partial charge in [-0.1, -0.05) is 54.1 Å². The van der Waals surface area contributed by atoms with Crippen LogP contribution in [-0.2, 0) is 22.9 Å². The highest BCUT2D eigenvalue weighted by Crippen LogP contribution is 2.22. The molecule has 0 saturated heterocycles. The van der Waals surface area contributed by atoms with Crippen molar-refractivity contribution in [3.63, 3.8) is 0 Å². The Bertz CT molecular complexity index is 1150. The molecule has 0 spiro atoms. The molecule has 0 unspecified atom stereocenters. The molecule has 6 nitrogen and oxygen atoms in total. The second-order valence-corrected chi connectivity index (χ2v) is 9.33. The maximum absolute atomic E-state index is 12.5. The Labute approximate surface area is 193 Å². The standard InChI is InChI=1S/C24H25ClN2O4S/c1-31-23-12-9-20(25)17-22(23)24(28)26-15-13-19-7-10-21(11-8-19)32(29,30)27-16-14-18-5-3-2-4-6-18/h2-12,17,27H,13-16H2,1H3,(H,26,28). The number of hydrogen-bond donors (Lipinski definition) is 2. The highest BCUT2D eigenvalue weighted by atomic mass is 35.5. The fourth-order valence-electron chi connectivity index (χ4n) is 3.17. The van der Waals surface area contributed by atoms with E-state index in [0.29, 0.717) is 42.3 Å². The van der Waals surface area contributed by atoms with Gasteiger partial charge in [-0.25, -0.2) is 13.1 Å². The summed E-state index contributed by atoms with van der Waals surface area (Å²) in [5, 5.41) is 3.28. The molecule has 0 aliphatic rings. The van der Waals surface area contributed by atoms with Crippen LogP contribution in [-0.4, -0.2) is 34.5 Å². The number of nitrogens with one attached hydrogen (secondary N) is 2. The van der Waals surface area contributed by atoms with Crippen molar-refractivity contribution in [1.29, 1.82) is 0 Å². The Kier molecular flexibility index (Phi) is 8.27. The normalized spacial score (nSPS) is 11.2. The molecule has 0 radical (unpaired) electrons. The van der Waals surface area contributed by atoms with Gasteiger partial charge in [-0.2, -0.15) is 0 Å². The molecule has 3 aromatic carbocycles. The molecule has 0 bridgehead atoms. The molecule has 0 saturated carbocycles. The molecular weight excluding hydrogens is 448 g/mol. The first-order valence-corrected chi connectivity index (χ1v) is 12.0. The molecule has 0 aliphatic heterocycles. The number of methoxy groups -OCH3 is 1. The maximum Gasteiger partial charge on any atom is 0.255 e. The van der Waals surface area contributed by atoms with Gasteiger partial charge in [0.2, 0.25) is 10.0 Å². The number of amides is 1. The Morgan fingerprint density at radius 3 is 2.25 bits per heavy atom. The number of halogens is 1. The third kappa shape index (κ3) is 6.56. The van der Waals surface area contributed by atoms with Gasteiger partial charge >= 0.3 is 0 Å². The van der Waals surface area contributed by atoms with Crippen molar-refractivity contribution in [2.45, 2.75) is 17.7 Å². The van der Waals surface area contributed by atoms with E-state index < -0.39 is 10.0 Å². The van der Waals surface area contributed by atoms with Crippen LogP contribution >= 0.6 is 11.6 Å². The number of hydrogen-bond acceptors (Lipinski definition) is 4. The van der Waals surface area contributed by atoms with Crippen molar-refractivity contribution in [1.82, 2.24) is 10.0 Å². The Hall–Kier alpha value is -2.87. The van der Waals surface area contributed by atoms with Gasteiger partial charge in [-0.15, -0.1) is 0 Å². The van der Waals surface area contributed by atoms with Crippen LogP contribution in [0.2, 0.25) is 5.02 Å². The first-order valence-electron chi connectivity index (χ1n) is 10.1. The van der Waals surface area contributed by atoms with Crippen LogP contribution in [0.5, 0.6) is 5.75 Å². The lowest BCUT2D eigenvalue weighted by atomic mass is 10.1. The Morgan fingerprint density at radius 1 is 0.906 bits per heavy atom. The van der Waals surface area contributed by atoms with Crippen molar-refractivity contribution >= 4 is 27.5 Å². The lowest BCUT2D eigenvalue weighted by Crippen LogP contribution is -2.26. The summed E-state index contributed by atoms with van der Waals surface area (Å²) in [6.45, 7) is 0.711. The molecule has 168 valence electrons. The van der Waals surface area contributed by atoms with Crippen molar-refractivity contribution in [3.8, 4) is 5.75 Å². The van der Waals surface area contributed by atoms with Crippen molar-refractivity contribution in [3.05, 3.63) is 94.5 Å². The number of ether oxygens (including phenoxy) is 1. The highest BCUT2D eigenvalue weighted by Gasteiger charge is 2.14. The van der Waals surface area contributed by atoms with Crippen LogP contribution in [0.25, 0.3) is 0 Å². The van der Waals surface area contributed by atoms with Crippen molar-refractivity contribution < 1.29 is 17.9 Å². The summed E-state index contributed by atoms with van der Waals surface area (Å²) in [6.07, 6.45) is 1.17. The summed E-state index contributed by atoms with van der Waals surface area (Å²) in [4.78, 5) is 12.6. The topological polar surface area (TPSA) is 84.5 Å². The van der Waals surface area contributed by atoms with E-state index >= 15 is 0 Å². The molecule has 0 aliphatic carbocycles. The third-order valence-electron chi connectivity index (χ3n) is 4.89. The zero-order valence-corrected chi connectivity index (χ0v) is 19.2. The van der Waals surface area contributed by atoms with Crippen LogP contribution in [0.15, 0.2) is 77.7 Å². The van der Waals surface area contributed by atoms with Crippen LogP contribution < -0.4 is 14.8 Å². The molecule has 3 aromatic rings. The van der Waals surface area contributed by atoms with Gasteiger partial charge < -0.3 is 10.1 Å². The molecule has 1 amide bonds. The van der Waals surface area contributed by atoms with Gasteiger partial charge in [0, 0.05) is 18.1 Å². The summed E-state index contributed by atoms with van der Waals surface area (Å²) in [6, 6.07) is 21.2. The molecule has 0 aromatic heterocycles. The first kappa shape index (κ1) is 23.8. The van der Waals surface area contributed by atoms with Gasteiger partial charge in [-0.3, -0.25) is 4.79 Å². The highest BCUT2D eigenvalue weighted by molar-refractivity contribution is 7.89. The molecular formula is C24H25ClN2O4S. The predicted octanol–water partition coefficient (Wildman–Crippen LogP) is 3.84. The maximum atomic E-state index is 12.5. The van der Waals surface area contributed by atoms with Gasteiger partial charge in [0.05, 0.1) is 17.6 Å². The Morgan fingerprint density at radius 2 is 1.56 bits per heavy atom. The number of rotatable bonds is 10. The van der Waals surface area contributed by atoms with Gasteiger partial charge in [0.1, 0.15) is 5.75 Å². The summed E-state index contributed by atoms with van der Waals surface area (Å²) in [5.41, 5.74) is 2.35. The predicted molar refractivity (Wildman–Crippen MR) is 126 cm³/mol. The van der Waals surface area contributed by atoms with E-state index in [1.165, 1.54) is 7.11 Å². The average molecular weight is 473 g/mol. The largest absolute Gasteiger partial charge is 0.496 e. The molecule has 32 heavy (non-hydrogen) atoms. The summed E-state index contributed by atoms with van der Waals surface area (Å²) in [7, 11) is -2.08. The molecule has 8 heteroatoms. The van der Waals surface area contributed by atoms with E-state index in [0.717, 1.165) is 11.1 Å². The molecule has 2 N–H and O–H groups in total. The minimum atomic E-state index is -3.58. The third-order valence-corrected chi connectivity index (χ3v) is 6.60. The van der Waals surface area contributed by atoms with Crippen molar-refractivity contribution in [2.75, 3.05) is 20.2 Å². The molecule has 0 atom stereocenters. The minimum Gasteiger partial charge on any atom is -0.496 e. The second kappa shape index (κ2) is 11.1. The summed E-state index contributed by atoms with van der Waals surface area (Å²) < 4.78 is 32.8. The number of benzene rings is 3. The number of sulfonamides is 1. The summed E-state index contributed by atoms with van der Waals surface area (Å²) >= 11 is 5.97. The van der Waals surface area contributed by atoms with E-state index in [9.17, 15) is 13.2 Å². The van der Waals surface area contributed by atoms with Gasteiger partial charge in [0.15, 0.2) is 0 Å². The van der Waals surface area contributed by atoms with Crippen LogP contribution in [0.3, 0.4) is 0 Å². The van der Waals surface area contributed by atoms with E-state index in [4.69, 9.17) is 16.3 Å². The monoisotopic (exact) mass is 472 g/mol. The minimum absolute atomic E-state index is 0.210. The van der Waals surface area contributed by atoms with Crippen LogP contribution in [0, 0.1) is 0 Å². The quantitative estimate of drug-likeness (QED) is 0.469. The van der Waals surface area contributed by atoms with E-state index in [1.807, 2.05) is 30.3 Å². The number of carbonyl (C=O) groups excluding carboxylic acids is 1. The molecule has 0 heterocycles. The second-order valence-electron chi connectivity index (χ2n) is 7.13. The fourth-order valence-corrected chi connectivity index (χ4v) is 4.37. The smallest absolute Gasteiger partial charge is 0.255 e. The zero-order chi connectivity index (χ0) is 23.0. The molecule has 0 fully saturated rings. The average Bonchev–Trinajstić information content (AvgIpc) is 2.80. The zero-order valence-electron chi connectivity index (χ0n) is 17.7. The lowest BCUT2D eigenvalue weighted by Gasteiger charge is -2.10. The Balaban J connectivity index is 1.51. The van der Waals surface area contributed by atoms with Crippen molar-refractivity contribution in [2.24, 2.45) is 0 Å². The van der Waals surface area contributed by atoms with E-state index in [2.05, 4.69) is 10.0 Å². The lowest BCUT2D eigenvalue weighted by molar-refractivity contribution is 0.0951. The molecule has 3 rings (SSSR count). The van der Waals surface area contributed by atoms with Gasteiger partial charge in [0.25, 0.3) is 5.91 Å². The first-order chi connectivity index (χ1) is 15.4. The number of carbonyl (C=O) groups is 1. The van der Waals surface area contributed by atoms with Crippen LogP contribution in [0.4, 0.5) is 0 Å². The SMILES string of the molecule is COc1ccc(Cl)cc1C(=O)NCCc1ccc(S(=O)(=O)NCCc2ccccc2)cc1. The fraction of sp³-hybridized carbons (Fsp3) is 0.208. The van der Waals surface area contributed by atoms with E-state index in [-0.39, 0.29) is 10.8 Å².